The summed E-state index contributed by atoms with van der Waals surface area (Å²) in [6.45, 7) is 4.88. The van der Waals surface area contributed by atoms with E-state index in [1.165, 1.54) is 0 Å². The lowest BCUT2D eigenvalue weighted by molar-refractivity contribution is -0.00115. The summed E-state index contributed by atoms with van der Waals surface area (Å²) in [4.78, 5) is 0. The lowest BCUT2D eigenvalue weighted by atomic mass is 9.89. The molecule has 0 spiro atoms. The minimum Gasteiger partial charge on any atom is -0.378 e. The van der Waals surface area contributed by atoms with Gasteiger partial charge in [-0.2, -0.15) is 0 Å². The molecule has 0 N–H and O–H groups in total. The van der Waals surface area contributed by atoms with E-state index < -0.39 is 11.6 Å². The minimum absolute atomic E-state index is 0.219. The number of rotatable bonds is 9. The minimum atomic E-state index is -0.821. The summed E-state index contributed by atoms with van der Waals surface area (Å²) in [6, 6.07) is 15.7. The van der Waals surface area contributed by atoms with Gasteiger partial charge in [0, 0.05) is 17.0 Å². The molecule has 1 fully saturated rings. The van der Waals surface area contributed by atoms with Gasteiger partial charge < -0.3 is 4.74 Å². The molecule has 4 rings (SSSR count). The number of ether oxygens (including phenoxy) is 1. The average Bonchev–Trinajstić information content (AvgIpc) is 2.88. The highest BCUT2D eigenvalue weighted by atomic mass is 19.2. The van der Waals surface area contributed by atoms with E-state index in [0.717, 1.165) is 50.5 Å². The maximum Gasteiger partial charge on any atom is 0.166 e. The number of aryl methyl sites for hydroxylation is 1. The second-order valence-corrected chi connectivity index (χ2v) is 9.69. The van der Waals surface area contributed by atoms with Gasteiger partial charge in [-0.25, -0.2) is 13.2 Å². The summed E-state index contributed by atoms with van der Waals surface area (Å²) in [5.41, 5.74) is 3.39. The summed E-state index contributed by atoms with van der Waals surface area (Å²) < 4.78 is 50.4. The van der Waals surface area contributed by atoms with Crippen molar-refractivity contribution in [1.82, 2.24) is 0 Å². The predicted molar refractivity (Wildman–Crippen MR) is 137 cm³/mol. The SMILES string of the molecule is CCCCCc1ccc(-c2ccc(-c3ccc(C4CCC(CCC)OC4)cc3F)cc2)c(F)c1F. The van der Waals surface area contributed by atoms with Crippen molar-refractivity contribution in [1.29, 1.82) is 0 Å². The summed E-state index contributed by atoms with van der Waals surface area (Å²) in [7, 11) is 0. The first-order valence-corrected chi connectivity index (χ1v) is 13.0. The van der Waals surface area contributed by atoms with Crippen molar-refractivity contribution in [3.63, 3.8) is 0 Å². The van der Waals surface area contributed by atoms with E-state index in [-0.39, 0.29) is 17.3 Å². The average molecular weight is 481 g/mol. The first-order chi connectivity index (χ1) is 17.0. The van der Waals surface area contributed by atoms with Gasteiger partial charge >= 0.3 is 0 Å². The maximum absolute atomic E-state index is 15.1. The van der Waals surface area contributed by atoms with Crippen molar-refractivity contribution in [2.75, 3.05) is 6.61 Å². The highest BCUT2D eigenvalue weighted by Crippen LogP contribution is 2.34. The van der Waals surface area contributed by atoms with E-state index in [9.17, 15) is 8.78 Å². The molecule has 0 saturated carbocycles. The van der Waals surface area contributed by atoms with Gasteiger partial charge in [-0.05, 0) is 60.4 Å². The second-order valence-electron chi connectivity index (χ2n) is 9.69. The first kappa shape index (κ1) is 25.5. The van der Waals surface area contributed by atoms with Crippen LogP contribution in [-0.4, -0.2) is 12.7 Å². The smallest absolute Gasteiger partial charge is 0.166 e. The van der Waals surface area contributed by atoms with E-state index in [0.29, 0.717) is 41.4 Å². The molecule has 0 aromatic heterocycles. The monoisotopic (exact) mass is 480 g/mol. The molecule has 0 radical (unpaired) electrons. The van der Waals surface area contributed by atoms with Crippen LogP contribution in [0, 0.1) is 17.5 Å². The summed E-state index contributed by atoms with van der Waals surface area (Å²) in [6.07, 6.45) is 7.96. The van der Waals surface area contributed by atoms with Crippen molar-refractivity contribution in [3.8, 4) is 22.3 Å². The fraction of sp³-hybridized carbons (Fsp3) is 0.419. The summed E-state index contributed by atoms with van der Waals surface area (Å²) in [5, 5.41) is 0. The van der Waals surface area contributed by atoms with Crippen LogP contribution in [0.4, 0.5) is 13.2 Å². The fourth-order valence-corrected chi connectivity index (χ4v) is 5.04. The van der Waals surface area contributed by atoms with Crippen LogP contribution >= 0.6 is 0 Å². The summed E-state index contributed by atoms with van der Waals surface area (Å²) in [5.74, 6) is -1.65. The number of hydrogen-bond donors (Lipinski definition) is 0. The van der Waals surface area contributed by atoms with Crippen LogP contribution in [0.5, 0.6) is 0 Å². The highest BCUT2D eigenvalue weighted by Gasteiger charge is 2.23. The molecule has 0 aliphatic carbocycles. The third kappa shape index (κ3) is 5.98. The van der Waals surface area contributed by atoms with Gasteiger partial charge in [0.1, 0.15) is 5.82 Å². The van der Waals surface area contributed by atoms with Crippen LogP contribution in [0.15, 0.2) is 54.6 Å². The number of benzene rings is 3. The Kier molecular flexibility index (Phi) is 8.67. The molecular formula is C31H35F3O. The van der Waals surface area contributed by atoms with Crippen LogP contribution in [0.2, 0.25) is 0 Å². The highest BCUT2D eigenvalue weighted by molar-refractivity contribution is 5.71. The van der Waals surface area contributed by atoms with Crippen molar-refractivity contribution < 1.29 is 17.9 Å². The Balaban J connectivity index is 1.48. The molecule has 1 nitrogen and oxygen atoms in total. The third-order valence-electron chi connectivity index (χ3n) is 7.16. The van der Waals surface area contributed by atoms with Crippen LogP contribution in [0.1, 0.15) is 75.8 Å². The Morgan fingerprint density at radius 1 is 0.771 bits per heavy atom. The molecule has 1 heterocycles. The zero-order chi connectivity index (χ0) is 24.8. The third-order valence-corrected chi connectivity index (χ3v) is 7.16. The topological polar surface area (TPSA) is 9.23 Å². The van der Waals surface area contributed by atoms with E-state index >= 15 is 4.39 Å². The zero-order valence-electron chi connectivity index (χ0n) is 20.8. The van der Waals surface area contributed by atoms with Gasteiger partial charge in [0.05, 0.1) is 12.7 Å². The van der Waals surface area contributed by atoms with Gasteiger partial charge in [-0.3, -0.25) is 0 Å². The van der Waals surface area contributed by atoms with Crippen molar-refractivity contribution >= 4 is 0 Å². The molecule has 4 heteroatoms. The Morgan fingerprint density at radius 3 is 2.11 bits per heavy atom. The van der Waals surface area contributed by atoms with Crippen LogP contribution in [0.25, 0.3) is 22.3 Å². The second kappa shape index (κ2) is 11.9. The van der Waals surface area contributed by atoms with Crippen molar-refractivity contribution in [3.05, 3.63) is 83.2 Å². The molecule has 0 bridgehead atoms. The van der Waals surface area contributed by atoms with Gasteiger partial charge in [-0.15, -0.1) is 0 Å². The molecule has 1 saturated heterocycles. The first-order valence-electron chi connectivity index (χ1n) is 13.0. The molecule has 1 aliphatic rings. The normalized spacial score (nSPS) is 18.1. The van der Waals surface area contributed by atoms with Crippen LogP contribution in [0.3, 0.4) is 0 Å². The standard InChI is InChI=1S/C31H35F3O/c1-3-5-6-8-23-14-18-28(31(34)30(23)33)22-11-9-21(10-12-22)27-17-15-24(19-29(27)32)25-13-16-26(7-4-2)35-20-25/h9-12,14-15,17-19,25-26H,3-8,13,16,20H2,1-2H3. The molecule has 2 unspecified atom stereocenters. The molecular weight excluding hydrogens is 445 g/mol. The molecule has 3 aromatic rings. The number of hydrogen-bond acceptors (Lipinski definition) is 1. The molecule has 2 atom stereocenters. The van der Waals surface area contributed by atoms with Gasteiger partial charge in [0.15, 0.2) is 11.6 Å². The zero-order valence-corrected chi connectivity index (χ0v) is 20.8. The number of halogens is 3. The molecule has 1 aliphatic heterocycles. The van der Waals surface area contributed by atoms with Crippen LogP contribution < -0.4 is 0 Å². The van der Waals surface area contributed by atoms with E-state index in [2.05, 4.69) is 13.8 Å². The molecule has 186 valence electrons. The summed E-state index contributed by atoms with van der Waals surface area (Å²) >= 11 is 0. The van der Waals surface area contributed by atoms with E-state index in [1.54, 1.807) is 42.5 Å². The van der Waals surface area contributed by atoms with Gasteiger partial charge in [0.25, 0.3) is 0 Å². The van der Waals surface area contributed by atoms with Gasteiger partial charge in [-0.1, -0.05) is 81.6 Å². The maximum atomic E-state index is 15.1. The predicted octanol–water partition coefficient (Wildman–Crippen LogP) is 9.23. The Morgan fingerprint density at radius 2 is 1.49 bits per heavy atom. The van der Waals surface area contributed by atoms with Crippen molar-refractivity contribution in [2.24, 2.45) is 0 Å². The molecule has 0 amide bonds. The molecule has 3 aromatic carbocycles. The van der Waals surface area contributed by atoms with Crippen LogP contribution in [-0.2, 0) is 11.2 Å². The van der Waals surface area contributed by atoms with E-state index in [4.69, 9.17) is 4.74 Å². The number of unbranched alkanes of at least 4 members (excludes halogenated alkanes) is 2. The van der Waals surface area contributed by atoms with Crippen molar-refractivity contribution in [2.45, 2.75) is 77.2 Å². The lowest BCUT2D eigenvalue weighted by Gasteiger charge is -2.29. The Labute approximate surface area is 207 Å². The quantitative estimate of drug-likeness (QED) is 0.277. The Bertz CT molecular complexity index is 1110. The Hall–Kier alpha value is -2.59. The lowest BCUT2D eigenvalue weighted by Crippen LogP contribution is -2.24. The fourth-order valence-electron chi connectivity index (χ4n) is 5.04. The van der Waals surface area contributed by atoms with E-state index in [1.807, 2.05) is 12.1 Å². The van der Waals surface area contributed by atoms with Gasteiger partial charge in [0.2, 0.25) is 0 Å². The largest absolute Gasteiger partial charge is 0.378 e. The molecule has 35 heavy (non-hydrogen) atoms.